The second kappa shape index (κ2) is 8.06. The molecule has 0 aromatic heterocycles. The van der Waals surface area contributed by atoms with Crippen molar-refractivity contribution in [2.24, 2.45) is 5.73 Å². The van der Waals surface area contributed by atoms with E-state index >= 15 is 0 Å². The molecule has 0 spiro atoms. The lowest BCUT2D eigenvalue weighted by molar-refractivity contribution is -0.307. The molecule has 0 aliphatic rings. The van der Waals surface area contributed by atoms with Gasteiger partial charge in [-0.1, -0.05) is 23.2 Å². The normalized spacial score (nSPS) is 11.2. The minimum absolute atomic E-state index is 0. The number of carboxylic acid groups (broad SMARTS) is 1. The number of carbonyl (C=O) groups excluding carboxylic acids is 1. The molecular formula is C15H13Cl3N3O2-. The maximum absolute atomic E-state index is 11.4. The zero-order valence-electron chi connectivity index (χ0n) is 11.7. The smallest absolute Gasteiger partial charge is 0.122 e. The molecule has 0 heterocycles. The Kier molecular flexibility index (Phi) is 6.69. The standard InChI is InChI=1S/C15H13Cl2N3O2.ClH/c16-10-5-9(6-11(17)7-10)13(15(21)22)20-12-3-1-8(2-4-12)14(18)19;/h1-7,13,20H,(H3,18,19)(H,21,22);1H/p-1. The molecule has 2 aromatic rings. The fourth-order valence-electron chi connectivity index (χ4n) is 1.93. The van der Waals surface area contributed by atoms with Gasteiger partial charge in [0.15, 0.2) is 0 Å². The third kappa shape index (κ3) is 5.03. The number of aliphatic carboxylic acids is 1. The Labute approximate surface area is 149 Å². The summed E-state index contributed by atoms with van der Waals surface area (Å²) in [7, 11) is 0. The van der Waals surface area contributed by atoms with Crippen LogP contribution >= 0.6 is 35.6 Å². The van der Waals surface area contributed by atoms with Crippen molar-refractivity contribution in [2.75, 3.05) is 5.32 Å². The maximum atomic E-state index is 11.4. The molecule has 2 rings (SSSR count). The molecule has 0 bridgehead atoms. The first-order chi connectivity index (χ1) is 10.4. The number of hydrogen-bond donors (Lipinski definition) is 3. The number of hydrogen-bond acceptors (Lipinski definition) is 4. The van der Waals surface area contributed by atoms with Crippen molar-refractivity contribution in [2.45, 2.75) is 6.04 Å². The summed E-state index contributed by atoms with van der Waals surface area (Å²) in [6.45, 7) is 0. The summed E-state index contributed by atoms with van der Waals surface area (Å²) in [6, 6.07) is 9.89. The molecule has 5 nitrogen and oxygen atoms in total. The number of carbonyl (C=O) groups is 1. The molecule has 23 heavy (non-hydrogen) atoms. The Bertz CT molecular complexity index is 700. The molecule has 2 aromatic carbocycles. The molecule has 0 aliphatic carbocycles. The van der Waals surface area contributed by atoms with Crippen LogP contribution in [0.4, 0.5) is 5.69 Å². The Morgan fingerprint density at radius 1 is 1.13 bits per heavy atom. The van der Waals surface area contributed by atoms with E-state index in [1.165, 1.54) is 18.2 Å². The van der Waals surface area contributed by atoms with Gasteiger partial charge in [-0.2, -0.15) is 0 Å². The van der Waals surface area contributed by atoms with E-state index in [4.69, 9.17) is 34.3 Å². The first-order valence-electron chi connectivity index (χ1n) is 6.24. The van der Waals surface area contributed by atoms with Gasteiger partial charge in [0.05, 0.1) is 12.0 Å². The second-order valence-electron chi connectivity index (χ2n) is 4.59. The quantitative estimate of drug-likeness (QED) is 0.554. The van der Waals surface area contributed by atoms with Crippen LogP contribution in [0.5, 0.6) is 0 Å². The van der Waals surface area contributed by atoms with E-state index < -0.39 is 12.0 Å². The topological polar surface area (TPSA) is 102 Å². The van der Waals surface area contributed by atoms with E-state index in [2.05, 4.69) is 5.32 Å². The van der Waals surface area contributed by atoms with Gasteiger partial charge in [0.1, 0.15) is 5.84 Å². The van der Waals surface area contributed by atoms with Crippen LogP contribution in [0.2, 0.25) is 10.0 Å². The molecule has 0 amide bonds. The average molecular weight is 374 g/mol. The van der Waals surface area contributed by atoms with E-state index in [9.17, 15) is 9.90 Å². The van der Waals surface area contributed by atoms with Crippen LogP contribution in [-0.2, 0) is 4.79 Å². The number of nitrogens with two attached hydrogens (primary N) is 1. The molecular weight excluding hydrogens is 361 g/mol. The summed E-state index contributed by atoms with van der Waals surface area (Å²) < 4.78 is 0. The van der Waals surface area contributed by atoms with E-state index in [1.807, 2.05) is 0 Å². The van der Waals surface area contributed by atoms with Crippen LogP contribution in [0.3, 0.4) is 0 Å². The van der Waals surface area contributed by atoms with Gasteiger partial charge in [-0.3, -0.25) is 5.41 Å². The molecule has 0 aliphatic heterocycles. The molecule has 122 valence electrons. The van der Waals surface area contributed by atoms with E-state index in [0.717, 1.165) is 0 Å². The van der Waals surface area contributed by atoms with Gasteiger partial charge in [-0.25, -0.2) is 0 Å². The minimum Gasteiger partial charge on any atom is -0.548 e. The molecule has 0 saturated carbocycles. The summed E-state index contributed by atoms with van der Waals surface area (Å²) in [5, 5.41) is 22.2. The summed E-state index contributed by atoms with van der Waals surface area (Å²) in [4.78, 5) is 11.4. The molecule has 0 radical (unpaired) electrons. The Morgan fingerprint density at radius 3 is 2.09 bits per heavy atom. The zero-order valence-corrected chi connectivity index (χ0v) is 14.0. The second-order valence-corrected chi connectivity index (χ2v) is 5.46. The molecule has 0 saturated heterocycles. The highest BCUT2D eigenvalue weighted by Crippen LogP contribution is 2.26. The number of nitrogens with one attached hydrogen (secondary N) is 2. The number of halogens is 3. The Balaban J connectivity index is 0.00000264. The lowest BCUT2D eigenvalue weighted by atomic mass is 10.1. The molecule has 0 fully saturated rings. The van der Waals surface area contributed by atoms with Crippen molar-refractivity contribution in [1.82, 2.24) is 0 Å². The van der Waals surface area contributed by atoms with Crippen molar-refractivity contribution in [3.05, 3.63) is 63.6 Å². The van der Waals surface area contributed by atoms with Gasteiger partial charge >= 0.3 is 0 Å². The number of nitrogen functional groups attached to an aromatic ring is 1. The number of rotatable bonds is 5. The fourth-order valence-corrected chi connectivity index (χ4v) is 2.48. The summed E-state index contributed by atoms with van der Waals surface area (Å²) in [6.07, 6.45) is 0. The lowest BCUT2D eigenvalue weighted by Crippen LogP contribution is -2.34. The van der Waals surface area contributed by atoms with Crippen LogP contribution in [0.25, 0.3) is 0 Å². The monoisotopic (exact) mass is 372 g/mol. The van der Waals surface area contributed by atoms with Crippen LogP contribution < -0.4 is 16.2 Å². The molecule has 4 N–H and O–H groups in total. The highest BCUT2D eigenvalue weighted by Gasteiger charge is 2.14. The van der Waals surface area contributed by atoms with Crippen LogP contribution in [-0.4, -0.2) is 11.8 Å². The predicted octanol–water partition coefficient (Wildman–Crippen LogP) is 2.60. The van der Waals surface area contributed by atoms with E-state index in [0.29, 0.717) is 26.9 Å². The zero-order chi connectivity index (χ0) is 16.3. The SMILES string of the molecule is Cl.N=C(N)c1ccc(NC(C(=O)[O-])c2cc(Cl)cc(Cl)c2)cc1. The van der Waals surface area contributed by atoms with Crippen LogP contribution in [0, 0.1) is 5.41 Å². The Morgan fingerprint density at radius 2 is 1.65 bits per heavy atom. The summed E-state index contributed by atoms with van der Waals surface area (Å²) >= 11 is 11.8. The molecule has 1 atom stereocenters. The van der Waals surface area contributed by atoms with Crippen molar-refractivity contribution >= 4 is 53.1 Å². The van der Waals surface area contributed by atoms with E-state index in [1.54, 1.807) is 24.3 Å². The average Bonchev–Trinajstić information content (AvgIpc) is 2.43. The predicted molar refractivity (Wildman–Crippen MR) is 92.5 cm³/mol. The highest BCUT2D eigenvalue weighted by atomic mass is 35.5. The number of anilines is 1. The van der Waals surface area contributed by atoms with Crippen LogP contribution in [0.15, 0.2) is 42.5 Å². The van der Waals surface area contributed by atoms with Crippen molar-refractivity contribution < 1.29 is 9.90 Å². The summed E-state index contributed by atoms with van der Waals surface area (Å²) in [5.74, 6) is -1.38. The first kappa shape index (κ1) is 19.1. The van der Waals surface area contributed by atoms with E-state index in [-0.39, 0.29) is 18.2 Å². The summed E-state index contributed by atoms with van der Waals surface area (Å²) in [5.41, 5.74) is 6.83. The third-order valence-corrected chi connectivity index (χ3v) is 3.40. The maximum Gasteiger partial charge on any atom is 0.122 e. The van der Waals surface area contributed by atoms with Crippen molar-refractivity contribution in [3.8, 4) is 0 Å². The highest BCUT2D eigenvalue weighted by molar-refractivity contribution is 6.34. The number of amidine groups is 1. The largest absolute Gasteiger partial charge is 0.548 e. The number of benzene rings is 2. The molecule has 1 unspecified atom stereocenters. The van der Waals surface area contributed by atoms with Crippen LogP contribution in [0.1, 0.15) is 17.2 Å². The van der Waals surface area contributed by atoms with Crippen molar-refractivity contribution in [3.63, 3.8) is 0 Å². The Hall–Kier alpha value is -1.95. The van der Waals surface area contributed by atoms with Crippen molar-refractivity contribution in [1.29, 1.82) is 5.41 Å². The fraction of sp³-hybridized carbons (Fsp3) is 0.0667. The van der Waals surface area contributed by atoms with Gasteiger partial charge in [0.25, 0.3) is 0 Å². The third-order valence-electron chi connectivity index (χ3n) is 2.96. The van der Waals surface area contributed by atoms with Gasteiger partial charge in [-0.05, 0) is 48.0 Å². The van der Waals surface area contributed by atoms with Gasteiger partial charge in [0, 0.05) is 21.3 Å². The lowest BCUT2D eigenvalue weighted by Gasteiger charge is -2.22. The van der Waals surface area contributed by atoms with Gasteiger partial charge < -0.3 is 21.0 Å². The molecule has 8 heteroatoms. The van der Waals surface area contributed by atoms with Gasteiger partial charge in [-0.15, -0.1) is 12.4 Å². The first-order valence-corrected chi connectivity index (χ1v) is 7.00. The van der Waals surface area contributed by atoms with Gasteiger partial charge in [0.2, 0.25) is 0 Å². The number of carboxylic acids is 1. The minimum atomic E-state index is -1.31.